The van der Waals surface area contributed by atoms with Gasteiger partial charge in [0.15, 0.2) is 0 Å². The summed E-state index contributed by atoms with van der Waals surface area (Å²) in [5.74, 6) is 2.88. The molecule has 2 aromatic carbocycles. The zero-order chi connectivity index (χ0) is 10.1. The van der Waals surface area contributed by atoms with Gasteiger partial charge in [0, 0.05) is 12.3 Å². The zero-order valence-corrected chi connectivity index (χ0v) is 8.14. The van der Waals surface area contributed by atoms with Crippen LogP contribution >= 0.6 is 0 Å². The molecule has 1 aliphatic heterocycles. The number of rotatable bonds is 0. The molecule has 0 aliphatic carbocycles. The largest absolute Gasteiger partial charge is 0.214 e. The first kappa shape index (κ1) is 8.22. The summed E-state index contributed by atoms with van der Waals surface area (Å²) in [7, 11) is 0. The van der Waals surface area contributed by atoms with E-state index in [9.17, 15) is 0 Å². The lowest BCUT2D eigenvalue weighted by Gasteiger charge is -2.04. The Kier molecular flexibility index (Phi) is 1.77. The molecule has 0 unspecified atom stereocenters. The second-order valence-corrected chi connectivity index (χ2v) is 3.51. The SMILES string of the molecule is C1=Cc2ccc3ccccc3c2C=CN=1. The highest BCUT2D eigenvalue weighted by Crippen LogP contribution is 2.25. The molecule has 1 heteroatoms. The summed E-state index contributed by atoms with van der Waals surface area (Å²) >= 11 is 0. The smallest absolute Gasteiger partial charge is 0.0374 e. The number of nitrogens with zero attached hydrogens (tertiary/aromatic N) is 1. The van der Waals surface area contributed by atoms with Crippen molar-refractivity contribution in [3.05, 3.63) is 53.7 Å². The van der Waals surface area contributed by atoms with E-state index in [1.807, 2.05) is 12.2 Å². The van der Waals surface area contributed by atoms with Gasteiger partial charge in [-0.15, -0.1) is 0 Å². The van der Waals surface area contributed by atoms with Crippen LogP contribution in [0.5, 0.6) is 0 Å². The summed E-state index contributed by atoms with van der Waals surface area (Å²) < 4.78 is 0. The highest BCUT2D eigenvalue weighted by atomic mass is 14.6. The van der Waals surface area contributed by atoms with Crippen molar-refractivity contribution in [2.24, 2.45) is 4.99 Å². The van der Waals surface area contributed by atoms with Crippen LogP contribution in [0.2, 0.25) is 0 Å². The summed E-state index contributed by atoms with van der Waals surface area (Å²) in [5.41, 5.74) is 2.40. The lowest BCUT2D eigenvalue weighted by atomic mass is 9.99. The summed E-state index contributed by atoms with van der Waals surface area (Å²) in [6.45, 7) is 0. The molecule has 2 aromatic rings. The van der Waals surface area contributed by atoms with Crippen LogP contribution in [0.3, 0.4) is 0 Å². The Morgan fingerprint density at radius 1 is 1.00 bits per heavy atom. The van der Waals surface area contributed by atoms with Crippen LogP contribution in [-0.4, -0.2) is 5.87 Å². The van der Waals surface area contributed by atoms with E-state index in [0.717, 1.165) is 0 Å². The van der Waals surface area contributed by atoms with Crippen molar-refractivity contribution in [1.29, 1.82) is 0 Å². The fraction of sp³-hybridized carbons (Fsp3) is 0. The van der Waals surface area contributed by atoms with Gasteiger partial charge in [-0.3, -0.25) is 0 Å². The highest BCUT2D eigenvalue weighted by molar-refractivity contribution is 5.97. The second-order valence-electron chi connectivity index (χ2n) is 3.51. The van der Waals surface area contributed by atoms with Gasteiger partial charge in [0.25, 0.3) is 0 Å². The molecule has 0 bridgehead atoms. The number of fused-ring (bicyclic) bond motifs is 3. The topological polar surface area (TPSA) is 12.4 Å². The number of hydrogen-bond donors (Lipinski definition) is 0. The van der Waals surface area contributed by atoms with Crippen molar-refractivity contribution in [3.63, 3.8) is 0 Å². The Labute approximate surface area is 88.1 Å². The summed E-state index contributed by atoms with van der Waals surface area (Å²) in [5, 5.41) is 2.53. The Bertz CT molecular complexity index is 614. The Morgan fingerprint density at radius 3 is 2.93 bits per heavy atom. The number of hydrogen-bond acceptors (Lipinski definition) is 1. The van der Waals surface area contributed by atoms with Gasteiger partial charge in [-0.2, -0.15) is 0 Å². The molecule has 0 saturated carbocycles. The molecule has 3 rings (SSSR count). The standard InChI is InChI=1S/C14H9N/c1-2-4-13-11(3-1)5-6-12-7-9-15-10-8-14(12)13/h1-8,10H. The third kappa shape index (κ3) is 1.30. The van der Waals surface area contributed by atoms with Crippen LogP contribution in [-0.2, 0) is 0 Å². The molecule has 0 atom stereocenters. The van der Waals surface area contributed by atoms with Gasteiger partial charge in [-0.05, 0) is 33.8 Å². The lowest BCUT2D eigenvalue weighted by Crippen LogP contribution is -1.83. The predicted molar refractivity (Wildman–Crippen MR) is 64.9 cm³/mol. The van der Waals surface area contributed by atoms with Crippen LogP contribution in [0.15, 0.2) is 47.6 Å². The molecule has 0 saturated heterocycles. The monoisotopic (exact) mass is 191 g/mol. The average Bonchev–Trinajstić information content (AvgIpc) is 2.54. The molecule has 1 heterocycles. The molecule has 0 spiro atoms. The van der Waals surface area contributed by atoms with Crippen LogP contribution in [0, 0.1) is 0 Å². The molecule has 1 aliphatic rings. The van der Waals surface area contributed by atoms with E-state index in [4.69, 9.17) is 0 Å². The van der Waals surface area contributed by atoms with Crippen molar-refractivity contribution in [1.82, 2.24) is 0 Å². The van der Waals surface area contributed by atoms with Crippen molar-refractivity contribution >= 4 is 28.8 Å². The summed E-state index contributed by atoms with van der Waals surface area (Å²) in [6, 6.07) is 12.6. The molecule has 0 fully saturated rings. The van der Waals surface area contributed by atoms with Gasteiger partial charge in [0.1, 0.15) is 0 Å². The molecule has 0 amide bonds. The third-order valence-electron chi connectivity index (χ3n) is 2.61. The molecule has 0 radical (unpaired) electrons. The average molecular weight is 191 g/mol. The van der Waals surface area contributed by atoms with Gasteiger partial charge in [-0.1, -0.05) is 36.4 Å². The molecule has 1 nitrogen and oxygen atoms in total. The predicted octanol–water partition coefficient (Wildman–Crippen LogP) is 3.51. The van der Waals surface area contributed by atoms with E-state index >= 15 is 0 Å². The first-order valence-electron chi connectivity index (χ1n) is 4.92. The Morgan fingerprint density at radius 2 is 1.93 bits per heavy atom. The van der Waals surface area contributed by atoms with Gasteiger partial charge >= 0.3 is 0 Å². The van der Waals surface area contributed by atoms with E-state index in [1.165, 1.54) is 21.9 Å². The number of aliphatic imine (C=N–C) groups is 1. The summed E-state index contributed by atoms with van der Waals surface area (Å²) in [4.78, 5) is 4.01. The molecule has 0 N–H and O–H groups in total. The van der Waals surface area contributed by atoms with Crippen LogP contribution in [0.4, 0.5) is 0 Å². The van der Waals surface area contributed by atoms with Crippen LogP contribution in [0.25, 0.3) is 22.9 Å². The molecular formula is C14H9N. The van der Waals surface area contributed by atoms with Gasteiger partial charge < -0.3 is 0 Å². The van der Waals surface area contributed by atoms with Crippen molar-refractivity contribution in [3.8, 4) is 0 Å². The van der Waals surface area contributed by atoms with Crippen molar-refractivity contribution in [2.75, 3.05) is 0 Å². The molecule has 15 heavy (non-hydrogen) atoms. The van der Waals surface area contributed by atoms with E-state index in [0.29, 0.717) is 0 Å². The van der Waals surface area contributed by atoms with E-state index in [-0.39, 0.29) is 0 Å². The van der Waals surface area contributed by atoms with E-state index in [2.05, 4.69) is 47.3 Å². The second kappa shape index (κ2) is 3.23. The maximum Gasteiger partial charge on any atom is 0.0374 e. The quantitative estimate of drug-likeness (QED) is 0.604. The highest BCUT2D eigenvalue weighted by Gasteiger charge is 2.03. The Hall–Kier alpha value is -2.11. The summed E-state index contributed by atoms with van der Waals surface area (Å²) in [6.07, 6.45) is 5.74. The molecular weight excluding hydrogens is 182 g/mol. The maximum atomic E-state index is 4.01. The fourth-order valence-electron chi connectivity index (χ4n) is 1.89. The van der Waals surface area contributed by atoms with Crippen LogP contribution in [0.1, 0.15) is 11.1 Å². The number of benzene rings is 2. The lowest BCUT2D eigenvalue weighted by molar-refractivity contribution is 1.63. The minimum absolute atomic E-state index is 1.17. The van der Waals surface area contributed by atoms with E-state index in [1.54, 1.807) is 6.20 Å². The molecule has 0 aromatic heterocycles. The maximum absolute atomic E-state index is 4.01. The van der Waals surface area contributed by atoms with E-state index < -0.39 is 0 Å². The first-order chi connectivity index (χ1) is 7.45. The minimum Gasteiger partial charge on any atom is -0.214 e. The zero-order valence-electron chi connectivity index (χ0n) is 8.14. The fourth-order valence-corrected chi connectivity index (χ4v) is 1.89. The third-order valence-corrected chi connectivity index (χ3v) is 2.61. The van der Waals surface area contributed by atoms with Crippen molar-refractivity contribution in [2.45, 2.75) is 0 Å². The normalized spacial score (nSPS) is 12.8. The van der Waals surface area contributed by atoms with Crippen LogP contribution < -0.4 is 0 Å². The van der Waals surface area contributed by atoms with Gasteiger partial charge in [0.2, 0.25) is 0 Å². The van der Waals surface area contributed by atoms with Gasteiger partial charge in [0.05, 0.1) is 0 Å². The first-order valence-corrected chi connectivity index (χ1v) is 4.92. The molecule has 70 valence electrons. The minimum atomic E-state index is 1.17. The van der Waals surface area contributed by atoms with Gasteiger partial charge in [-0.25, -0.2) is 4.99 Å². The Balaban J connectivity index is 2.45. The van der Waals surface area contributed by atoms with Crippen molar-refractivity contribution < 1.29 is 0 Å².